The zero-order valence-corrected chi connectivity index (χ0v) is 12.6. The molecular formula is C12H20N4O4S. The predicted molar refractivity (Wildman–Crippen MR) is 75.7 cm³/mol. The Morgan fingerprint density at radius 2 is 2.43 bits per heavy atom. The molecule has 21 heavy (non-hydrogen) atoms. The molecule has 1 fully saturated rings. The molecule has 2 heterocycles. The van der Waals surface area contributed by atoms with Gasteiger partial charge in [0, 0.05) is 31.4 Å². The fraction of sp³-hybridized carbons (Fsp3) is 0.667. The molecule has 0 aliphatic carbocycles. The van der Waals surface area contributed by atoms with Crippen molar-refractivity contribution in [3.05, 3.63) is 18.2 Å². The number of aromatic nitrogens is 2. The summed E-state index contributed by atoms with van der Waals surface area (Å²) in [5, 5.41) is 9.21. The summed E-state index contributed by atoms with van der Waals surface area (Å²) in [5.74, 6) is -0.926. The van der Waals surface area contributed by atoms with E-state index in [0.29, 0.717) is 18.8 Å². The SMILES string of the molecule is CC1CCCN(S(=O)(=O)N[C@H](Cc2cnc[nH]2)C(=O)O)C1. The maximum Gasteiger partial charge on any atom is 0.322 e. The second-order valence-corrected chi connectivity index (χ2v) is 7.10. The summed E-state index contributed by atoms with van der Waals surface area (Å²) in [7, 11) is -3.80. The van der Waals surface area contributed by atoms with E-state index in [1.807, 2.05) is 6.92 Å². The van der Waals surface area contributed by atoms with E-state index < -0.39 is 22.2 Å². The van der Waals surface area contributed by atoms with Gasteiger partial charge in [-0.1, -0.05) is 6.92 Å². The molecule has 118 valence electrons. The van der Waals surface area contributed by atoms with Crippen molar-refractivity contribution in [3.63, 3.8) is 0 Å². The molecule has 0 amide bonds. The summed E-state index contributed by atoms with van der Waals surface area (Å²) in [6.07, 6.45) is 4.71. The number of carboxylic acids is 1. The van der Waals surface area contributed by atoms with Crippen LogP contribution >= 0.6 is 0 Å². The number of imidazole rings is 1. The standard InChI is InChI=1S/C12H20N4O4S/c1-9-3-2-4-16(7-9)21(19,20)15-11(12(17)18)5-10-6-13-8-14-10/h6,8-9,11,15H,2-5,7H2,1H3,(H,13,14)(H,17,18)/t9?,11-/m1/s1. The number of hydrogen-bond donors (Lipinski definition) is 3. The van der Waals surface area contributed by atoms with E-state index >= 15 is 0 Å². The molecule has 9 heteroatoms. The quantitative estimate of drug-likeness (QED) is 0.682. The molecule has 3 N–H and O–H groups in total. The van der Waals surface area contributed by atoms with E-state index in [9.17, 15) is 18.3 Å². The zero-order valence-electron chi connectivity index (χ0n) is 11.8. The summed E-state index contributed by atoms with van der Waals surface area (Å²) in [6.45, 7) is 2.84. The number of nitrogens with zero attached hydrogens (tertiary/aromatic N) is 2. The van der Waals surface area contributed by atoms with E-state index in [1.165, 1.54) is 16.8 Å². The number of piperidine rings is 1. The molecule has 2 atom stereocenters. The van der Waals surface area contributed by atoms with Crippen LogP contribution in [0.3, 0.4) is 0 Å². The molecule has 1 aromatic heterocycles. The molecule has 8 nitrogen and oxygen atoms in total. The third-order valence-electron chi connectivity index (χ3n) is 3.53. The van der Waals surface area contributed by atoms with Crippen LogP contribution < -0.4 is 4.72 Å². The highest BCUT2D eigenvalue weighted by Gasteiger charge is 2.31. The number of aliphatic carboxylic acids is 1. The lowest BCUT2D eigenvalue weighted by Crippen LogP contribution is -2.51. The zero-order chi connectivity index (χ0) is 15.5. The van der Waals surface area contributed by atoms with Gasteiger partial charge in [0.25, 0.3) is 10.2 Å². The van der Waals surface area contributed by atoms with Crippen molar-refractivity contribution >= 4 is 16.2 Å². The Kier molecular flexibility index (Phi) is 4.96. The maximum absolute atomic E-state index is 12.3. The molecule has 1 unspecified atom stereocenters. The molecule has 1 saturated heterocycles. The number of nitrogens with one attached hydrogen (secondary N) is 2. The van der Waals surface area contributed by atoms with E-state index in [4.69, 9.17) is 0 Å². The van der Waals surface area contributed by atoms with Gasteiger partial charge in [0.05, 0.1) is 6.33 Å². The van der Waals surface area contributed by atoms with Crippen LogP contribution in [0, 0.1) is 5.92 Å². The molecule has 1 aliphatic heterocycles. The number of aromatic amines is 1. The lowest BCUT2D eigenvalue weighted by Gasteiger charge is -2.30. The minimum absolute atomic E-state index is 0.0258. The van der Waals surface area contributed by atoms with Crippen molar-refractivity contribution in [2.24, 2.45) is 5.92 Å². The Morgan fingerprint density at radius 3 is 3.00 bits per heavy atom. The van der Waals surface area contributed by atoms with Gasteiger partial charge in [0.1, 0.15) is 6.04 Å². The Morgan fingerprint density at radius 1 is 1.67 bits per heavy atom. The fourth-order valence-corrected chi connectivity index (χ4v) is 3.93. The Balaban J connectivity index is 2.06. The summed E-state index contributed by atoms with van der Waals surface area (Å²) in [6, 6.07) is -1.22. The maximum atomic E-state index is 12.3. The van der Waals surface area contributed by atoms with Gasteiger partial charge in [-0.15, -0.1) is 0 Å². The fourth-order valence-electron chi connectivity index (χ4n) is 2.41. The van der Waals surface area contributed by atoms with Crippen LogP contribution in [0.25, 0.3) is 0 Å². The largest absolute Gasteiger partial charge is 0.480 e. The van der Waals surface area contributed by atoms with Crippen molar-refractivity contribution in [2.45, 2.75) is 32.2 Å². The second-order valence-electron chi connectivity index (χ2n) is 5.40. The number of H-pyrrole nitrogens is 1. The van der Waals surface area contributed by atoms with Gasteiger partial charge in [0.15, 0.2) is 0 Å². The van der Waals surface area contributed by atoms with Crippen LogP contribution in [-0.2, 0) is 21.4 Å². The molecule has 2 rings (SSSR count). The van der Waals surface area contributed by atoms with E-state index in [0.717, 1.165) is 12.8 Å². The minimum atomic E-state index is -3.80. The first-order valence-electron chi connectivity index (χ1n) is 6.86. The topological polar surface area (TPSA) is 115 Å². The van der Waals surface area contributed by atoms with Crippen LogP contribution in [0.5, 0.6) is 0 Å². The van der Waals surface area contributed by atoms with Crippen LogP contribution in [0.2, 0.25) is 0 Å². The smallest absolute Gasteiger partial charge is 0.322 e. The highest BCUT2D eigenvalue weighted by molar-refractivity contribution is 7.87. The van der Waals surface area contributed by atoms with Crippen LogP contribution in [0.15, 0.2) is 12.5 Å². The molecule has 0 radical (unpaired) electrons. The van der Waals surface area contributed by atoms with Crippen molar-refractivity contribution in [1.29, 1.82) is 0 Å². The number of hydrogen-bond acceptors (Lipinski definition) is 4. The Bertz CT molecular complexity index is 572. The van der Waals surface area contributed by atoms with Gasteiger partial charge >= 0.3 is 5.97 Å². The normalized spacial score (nSPS) is 22.0. The lowest BCUT2D eigenvalue weighted by molar-refractivity contribution is -0.139. The Hall–Kier alpha value is -1.45. The minimum Gasteiger partial charge on any atom is -0.480 e. The van der Waals surface area contributed by atoms with E-state index in [-0.39, 0.29) is 12.3 Å². The average molecular weight is 316 g/mol. The first-order valence-corrected chi connectivity index (χ1v) is 8.30. The van der Waals surface area contributed by atoms with Crippen LogP contribution in [0.1, 0.15) is 25.5 Å². The van der Waals surface area contributed by atoms with Crippen molar-refractivity contribution in [3.8, 4) is 0 Å². The number of carbonyl (C=O) groups is 1. The molecule has 1 aromatic rings. The van der Waals surface area contributed by atoms with Crippen molar-refractivity contribution in [2.75, 3.05) is 13.1 Å². The van der Waals surface area contributed by atoms with Gasteiger partial charge < -0.3 is 10.1 Å². The van der Waals surface area contributed by atoms with Gasteiger partial charge in [-0.05, 0) is 18.8 Å². The lowest BCUT2D eigenvalue weighted by atomic mass is 10.0. The van der Waals surface area contributed by atoms with Crippen molar-refractivity contribution in [1.82, 2.24) is 19.0 Å². The van der Waals surface area contributed by atoms with Crippen molar-refractivity contribution < 1.29 is 18.3 Å². The van der Waals surface area contributed by atoms with Gasteiger partial charge in [-0.25, -0.2) is 4.98 Å². The van der Waals surface area contributed by atoms with Gasteiger partial charge in [0.2, 0.25) is 0 Å². The molecule has 0 spiro atoms. The summed E-state index contributed by atoms with van der Waals surface area (Å²) in [4.78, 5) is 17.8. The Labute approximate surface area is 123 Å². The highest BCUT2D eigenvalue weighted by Crippen LogP contribution is 2.18. The molecule has 0 aromatic carbocycles. The second kappa shape index (κ2) is 6.54. The highest BCUT2D eigenvalue weighted by atomic mass is 32.2. The van der Waals surface area contributed by atoms with Gasteiger partial charge in [-0.2, -0.15) is 17.4 Å². The third-order valence-corrected chi connectivity index (χ3v) is 5.12. The number of rotatable bonds is 6. The van der Waals surface area contributed by atoms with Crippen LogP contribution in [-0.4, -0.2) is 52.9 Å². The summed E-state index contributed by atoms with van der Waals surface area (Å²) >= 11 is 0. The molecule has 0 saturated carbocycles. The number of carboxylic acid groups (broad SMARTS) is 1. The van der Waals surface area contributed by atoms with Gasteiger partial charge in [-0.3, -0.25) is 4.79 Å². The predicted octanol–water partition coefficient (Wildman–Crippen LogP) is -0.0283. The third kappa shape index (κ3) is 4.26. The average Bonchev–Trinajstić information content (AvgIpc) is 2.90. The molecule has 1 aliphatic rings. The summed E-state index contributed by atoms with van der Waals surface area (Å²) < 4.78 is 28.2. The first kappa shape index (κ1) is 15.9. The monoisotopic (exact) mass is 316 g/mol. The van der Waals surface area contributed by atoms with E-state index in [1.54, 1.807) is 0 Å². The molecular weight excluding hydrogens is 296 g/mol. The molecule has 0 bridgehead atoms. The van der Waals surface area contributed by atoms with E-state index in [2.05, 4.69) is 14.7 Å². The first-order chi connectivity index (χ1) is 9.88. The summed E-state index contributed by atoms with van der Waals surface area (Å²) in [5.41, 5.74) is 0.567. The van der Waals surface area contributed by atoms with Crippen LogP contribution in [0.4, 0.5) is 0 Å².